The maximum Gasteiger partial charge on any atom is 0.347 e. The average molecular weight is 270 g/mol. The Kier molecular flexibility index (Phi) is 4.68. The highest BCUT2D eigenvalue weighted by Gasteiger charge is 2.26. The van der Waals surface area contributed by atoms with Crippen LogP contribution in [0.4, 0.5) is 0 Å². The molecule has 2 N–H and O–H groups in total. The fraction of sp³-hybridized carbons (Fsp3) is 0.500. The molecule has 2 heterocycles. The van der Waals surface area contributed by atoms with E-state index in [-0.39, 0.29) is 18.7 Å². The number of carbonyl (C=O) groups excluding carboxylic acids is 1. The van der Waals surface area contributed by atoms with E-state index in [0.29, 0.717) is 30.8 Å². The summed E-state index contributed by atoms with van der Waals surface area (Å²) in [6, 6.07) is 0. The molecule has 106 valence electrons. The van der Waals surface area contributed by atoms with Crippen molar-refractivity contribution in [3.63, 3.8) is 0 Å². The summed E-state index contributed by atoms with van der Waals surface area (Å²) in [6.07, 6.45) is 0.535. The molecule has 0 atom stereocenters. The van der Waals surface area contributed by atoms with Gasteiger partial charge < -0.3 is 19.7 Å². The molecule has 1 aromatic rings. The van der Waals surface area contributed by atoms with Crippen molar-refractivity contribution in [3.8, 4) is 5.75 Å². The monoisotopic (exact) mass is 270 g/mol. The minimum absolute atomic E-state index is 0. The van der Waals surface area contributed by atoms with E-state index < -0.39 is 11.5 Å². The zero-order chi connectivity index (χ0) is 13.3. The number of pyridine rings is 1. The Morgan fingerprint density at radius 3 is 2.68 bits per heavy atom. The molecule has 1 aromatic heterocycles. The minimum atomic E-state index is -0.855. The van der Waals surface area contributed by atoms with Gasteiger partial charge in [-0.25, -0.2) is 4.79 Å². The second-order valence-electron chi connectivity index (χ2n) is 3.92. The topological polar surface area (TPSA) is 91.9 Å². The van der Waals surface area contributed by atoms with Crippen LogP contribution in [-0.2, 0) is 22.5 Å². The second-order valence-corrected chi connectivity index (χ2v) is 3.92. The van der Waals surface area contributed by atoms with Crippen molar-refractivity contribution in [3.05, 3.63) is 27.2 Å². The summed E-state index contributed by atoms with van der Waals surface area (Å²) in [5.74, 6) is -1.19. The molecule has 1 aliphatic rings. The van der Waals surface area contributed by atoms with Crippen LogP contribution in [0.2, 0.25) is 0 Å². The first kappa shape index (κ1) is 15.2. The van der Waals surface area contributed by atoms with Crippen molar-refractivity contribution in [1.82, 2.24) is 10.0 Å². The Balaban J connectivity index is 0.00000180. The van der Waals surface area contributed by atoms with Gasteiger partial charge in [-0.05, 0) is 0 Å². The molecule has 19 heavy (non-hydrogen) atoms. The fourth-order valence-electron chi connectivity index (χ4n) is 2.00. The molecule has 1 aliphatic heterocycles. The summed E-state index contributed by atoms with van der Waals surface area (Å²) in [4.78, 5) is 30.8. The molecule has 0 fully saturated rings. The van der Waals surface area contributed by atoms with E-state index in [9.17, 15) is 14.7 Å². The summed E-state index contributed by atoms with van der Waals surface area (Å²) >= 11 is 0. The third-order valence-corrected chi connectivity index (χ3v) is 2.97. The standard InChI is InChI=1S/C11H14N2O5.CH4/c1-17-11(16)8-9(14)6-5-13(18-2)4-3-7(6)12-10(8)15;/h3-5H2,1-2H3,(H2,12,14,15);1H4. The predicted molar refractivity (Wildman–Crippen MR) is 67.9 cm³/mol. The van der Waals surface area contributed by atoms with Crippen LogP contribution in [0.15, 0.2) is 4.79 Å². The molecular weight excluding hydrogens is 252 g/mol. The quantitative estimate of drug-likeness (QED) is 0.757. The Labute approximate surface area is 110 Å². The van der Waals surface area contributed by atoms with Gasteiger partial charge in [0, 0.05) is 24.2 Å². The van der Waals surface area contributed by atoms with Crippen molar-refractivity contribution >= 4 is 5.97 Å². The smallest absolute Gasteiger partial charge is 0.347 e. The van der Waals surface area contributed by atoms with Crippen molar-refractivity contribution in [2.24, 2.45) is 0 Å². The van der Waals surface area contributed by atoms with Gasteiger partial charge in [0.15, 0.2) is 5.56 Å². The number of carbonyl (C=O) groups is 1. The first-order valence-electron chi connectivity index (χ1n) is 5.42. The van der Waals surface area contributed by atoms with E-state index in [0.717, 1.165) is 7.11 Å². The lowest BCUT2D eigenvalue weighted by atomic mass is 10.0. The van der Waals surface area contributed by atoms with Crippen LogP contribution in [0.3, 0.4) is 0 Å². The Hall–Kier alpha value is -1.86. The molecule has 7 heteroatoms. The number of esters is 1. The van der Waals surface area contributed by atoms with Crippen LogP contribution in [0, 0.1) is 0 Å². The van der Waals surface area contributed by atoms with E-state index in [1.807, 2.05) is 0 Å². The lowest BCUT2D eigenvalue weighted by Gasteiger charge is -2.26. The van der Waals surface area contributed by atoms with E-state index in [1.54, 1.807) is 5.06 Å². The molecule has 0 saturated carbocycles. The van der Waals surface area contributed by atoms with Crippen molar-refractivity contribution in [2.75, 3.05) is 20.8 Å². The van der Waals surface area contributed by atoms with Gasteiger partial charge in [-0.15, -0.1) is 0 Å². The number of nitrogens with one attached hydrogen (secondary N) is 1. The third kappa shape index (κ3) is 2.61. The van der Waals surface area contributed by atoms with Crippen molar-refractivity contribution in [1.29, 1.82) is 0 Å². The summed E-state index contributed by atoms with van der Waals surface area (Å²) in [7, 11) is 2.68. The number of fused-ring (bicyclic) bond motifs is 1. The zero-order valence-electron chi connectivity index (χ0n) is 10.1. The molecular formula is C12H18N2O5. The Morgan fingerprint density at radius 2 is 2.11 bits per heavy atom. The predicted octanol–water partition coefficient (Wildman–Crippen LogP) is 0.423. The fourth-order valence-corrected chi connectivity index (χ4v) is 2.00. The average Bonchev–Trinajstić information content (AvgIpc) is 2.38. The number of hydrogen-bond acceptors (Lipinski definition) is 6. The molecule has 0 saturated heterocycles. The number of rotatable bonds is 2. The molecule has 0 spiro atoms. The van der Waals surface area contributed by atoms with Crippen molar-refractivity contribution < 1.29 is 19.5 Å². The number of H-pyrrole nitrogens is 1. The van der Waals surface area contributed by atoms with Crippen LogP contribution in [0.5, 0.6) is 5.75 Å². The number of aromatic nitrogens is 1. The Morgan fingerprint density at radius 1 is 1.42 bits per heavy atom. The SMILES string of the molecule is C.COC(=O)c1c(O)c2c([nH]c1=O)CCN(OC)C2. The summed E-state index contributed by atoms with van der Waals surface area (Å²) in [5, 5.41) is 11.7. The highest BCUT2D eigenvalue weighted by atomic mass is 16.7. The number of methoxy groups -OCH3 is 1. The number of ether oxygens (including phenoxy) is 1. The Bertz CT molecular complexity index is 538. The maximum atomic E-state index is 11.7. The van der Waals surface area contributed by atoms with Crippen LogP contribution in [0.25, 0.3) is 0 Å². The van der Waals surface area contributed by atoms with Crippen LogP contribution >= 0.6 is 0 Å². The van der Waals surface area contributed by atoms with Gasteiger partial charge in [-0.3, -0.25) is 4.79 Å². The number of aromatic amines is 1. The number of hydrogen-bond donors (Lipinski definition) is 2. The minimum Gasteiger partial charge on any atom is -0.506 e. The number of hydroxylamine groups is 2. The van der Waals surface area contributed by atoms with E-state index >= 15 is 0 Å². The molecule has 0 radical (unpaired) electrons. The maximum absolute atomic E-state index is 11.7. The van der Waals surface area contributed by atoms with Gasteiger partial charge in [0.1, 0.15) is 5.75 Å². The number of nitrogens with zero attached hydrogens (tertiary/aromatic N) is 1. The summed E-state index contributed by atoms with van der Waals surface area (Å²) < 4.78 is 4.48. The second kappa shape index (κ2) is 5.85. The van der Waals surface area contributed by atoms with Gasteiger partial charge >= 0.3 is 5.97 Å². The lowest BCUT2D eigenvalue weighted by molar-refractivity contribution is -0.142. The zero-order valence-corrected chi connectivity index (χ0v) is 10.1. The normalized spacial score (nSPS) is 14.4. The first-order valence-corrected chi connectivity index (χ1v) is 5.42. The van der Waals surface area contributed by atoms with Gasteiger partial charge in [0.25, 0.3) is 5.56 Å². The largest absolute Gasteiger partial charge is 0.506 e. The molecule has 0 aromatic carbocycles. The van der Waals surface area contributed by atoms with E-state index in [1.165, 1.54) is 7.11 Å². The van der Waals surface area contributed by atoms with Crippen LogP contribution in [0.1, 0.15) is 29.0 Å². The van der Waals surface area contributed by atoms with Crippen LogP contribution < -0.4 is 5.56 Å². The third-order valence-electron chi connectivity index (χ3n) is 2.97. The van der Waals surface area contributed by atoms with E-state index in [2.05, 4.69) is 9.72 Å². The molecule has 0 amide bonds. The van der Waals surface area contributed by atoms with Gasteiger partial charge in [0.05, 0.1) is 20.8 Å². The van der Waals surface area contributed by atoms with Crippen LogP contribution in [-0.4, -0.2) is 41.9 Å². The molecule has 0 unspecified atom stereocenters. The molecule has 0 aliphatic carbocycles. The summed E-state index contributed by atoms with van der Waals surface area (Å²) in [6.45, 7) is 0.912. The van der Waals surface area contributed by atoms with Gasteiger partial charge in [-0.2, -0.15) is 5.06 Å². The highest BCUT2D eigenvalue weighted by Crippen LogP contribution is 2.27. The van der Waals surface area contributed by atoms with Crippen molar-refractivity contribution in [2.45, 2.75) is 20.4 Å². The molecule has 0 bridgehead atoms. The van der Waals surface area contributed by atoms with E-state index in [4.69, 9.17) is 4.84 Å². The lowest BCUT2D eigenvalue weighted by Crippen LogP contribution is -2.33. The molecule has 2 rings (SSSR count). The van der Waals surface area contributed by atoms with Gasteiger partial charge in [0.2, 0.25) is 0 Å². The van der Waals surface area contributed by atoms with Gasteiger partial charge in [-0.1, -0.05) is 7.43 Å². The first-order chi connectivity index (χ1) is 8.58. The highest BCUT2D eigenvalue weighted by molar-refractivity contribution is 5.92. The summed E-state index contributed by atoms with van der Waals surface area (Å²) in [5.41, 5.74) is 0.111. The molecule has 7 nitrogen and oxygen atoms in total. The number of aromatic hydroxyl groups is 1.